The molecule has 2 aromatic heterocycles. The van der Waals surface area contributed by atoms with Gasteiger partial charge in [-0.25, -0.2) is 9.78 Å². The highest BCUT2D eigenvalue weighted by Crippen LogP contribution is 2.41. The Balaban J connectivity index is 0.000000383. The van der Waals surface area contributed by atoms with Crippen molar-refractivity contribution in [2.24, 2.45) is 5.41 Å². The standard InChI is InChI=1S/C18H26N6OS.C2HF3O2/c1-13(2)20-17(25)16-22-21-14-3-4-18(12-24(14)16)5-8-23(9-6-18)11-15-19-7-10-26-15;3-2(4,5)1(6)7/h7,10,13H,3-6,8-9,11-12H2,1-2H3,(H,20,25);(H,6,7). The fourth-order valence-corrected chi connectivity index (χ4v) is 4.75. The smallest absolute Gasteiger partial charge is 0.475 e. The number of rotatable bonds is 4. The first-order valence-corrected chi connectivity index (χ1v) is 11.5. The van der Waals surface area contributed by atoms with Crippen molar-refractivity contribution >= 4 is 23.2 Å². The molecule has 0 atom stereocenters. The van der Waals surface area contributed by atoms with Crippen LogP contribution >= 0.6 is 11.3 Å². The molecule has 1 spiro atoms. The molecule has 13 heteroatoms. The third-order valence-electron chi connectivity index (χ3n) is 5.82. The molecule has 9 nitrogen and oxygen atoms in total. The van der Waals surface area contributed by atoms with E-state index in [9.17, 15) is 18.0 Å². The maximum atomic E-state index is 12.4. The van der Waals surface area contributed by atoms with Gasteiger partial charge in [0.15, 0.2) is 0 Å². The number of alkyl halides is 3. The van der Waals surface area contributed by atoms with Gasteiger partial charge < -0.3 is 15.0 Å². The van der Waals surface area contributed by atoms with E-state index in [1.807, 2.05) is 25.4 Å². The van der Waals surface area contributed by atoms with E-state index in [-0.39, 0.29) is 17.4 Å². The summed E-state index contributed by atoms with van der Waals surface area (Å²) in [5.74, 6) is -1.45. The number of likely N-dealkylation sites (tertiary alicyclic amines) is 1. The number of carboxylic acid groups (broad SMARTS) is 1. The van der Waals surface area contributed by atoms with Crippen molar-refractivity contribution in [2.45, 2.75) is 64.8 Å². The second kappa shape index (κ2) is 10.2. The SMILES string of the molecule is CC(C)NC(=O)c1nnc2n1CC1(CC2)CCN(Cc2nccs2)CC1.O=C(O)C(F)(F)F. The number of fused-ring (bicyclic) bond motifs is 1. The van der Waals surface area contributed by atoms with E-state index in [2.05, 4.69) is 30.0 Å². The molecular weight excluding hydrogens is 461 g/mol. The van der Waals surface area contributed by atoms with Gasteiger partial charge >= 0.3 is 12.1 Å². The number of aliphatic carboxylic acids is 1. The van der Waals surface area contributed by atoms with E-state index in [4.69, 9.17) is 9.90 Å². The average molecular weight is 489 g/mol. The summed E-state index contributed by atoms with van der Waals surface area (Å²) in [6.45, 7) is 7.92. The summed E-state index contributed by atoms with van der Waals surface area (Å²) in [4.78, 5) is 28.2. The zero-order valence-corrected chi connectivity index (χ0v) is 19.2. The van der Waals surface area contributed by atoms with Crippen LogP contribution in [0.3, 0.4) is 0 Å². The van der Waals surface area contributed by atoms with Gasteiger partial charge in [-0.1, -0.05) is 0 Å². The van der Waals surface area contributed by atoms with Gasteiger partial charge in [-0.05, 0) is 51.6 Å². The van der Waals surface area contributed by atoms with Crippen molar-refractivity contribution in [1.82, 2.24) is 30.0 Å². The number of aryl methyl sites for hydroxylation is 1. The third-order valence-corrected chi connectivity index (χ3v) is 6.59. The van der Waals surface area contributed by atoms with Gasteiger partial charge in [-0.15, -0.1) is 21.5 Å². The largest absolute Gasteiger partial charge is 0.490 e. The van der Waals surface area contributed by atoms with E-state index in [1.54, 1.807) is 11.3 Å². The number of piperidine rings is 1. The molecule has 1 amide bonds. The summed E-state index contributed by atoms with van der Waals surface area (Å²) < 4.78 is 33.8. The molecule has 4 rings (SSSR count). The first kappa shape index (κ1) is 25.1. The first-order valence-electron chi connectivity index (χ1n) is 10.6. The molecule has 0 aliphatic carbocycles. The summed E-state index contributed by atoms with van der Waals surface area (Å²) in [5, 5.41) is 21.7. The highest BCUT2D eigenvalue weighted by molar-refractivity contribution is 7.09. The van der Waals surface area contributed by atoms with Crippen molar-refractivity contribution in [3.8, 4) is 0 Å². The highest BCUT2D eigenvalue weighted by atomic mass is 32.1. The number of carboxylic acids is 1. The molecule has 0 unspecified atom stereocenters. The Morgan fingerprint density at radius 3 is 2.45 bits per heavy atom. The number of carbonyl (C=O) groups is 2. The van der Waals surface area contributed by atoms with Crippen molar-refractivity contribution < 1.29 is 27.9 Å². The predicted molar refractivity (Wildman–Crippen MR) is 114 cm³/mol. The summed E-state index contributed by atoms with van der Waals surface area (Å²) in [7, 11) is 0. The number of hydrogen-bond donors (Lipinski definition) is 2. The highest BCUT2D eigenvalue weighted by Gasteiger charge is 2.40. The van der Waals surface area contributed by atoms with Gasteiger partial charge in [0.1, 0.15) is 10.8 Å². The number of carbonyl (C=O) groups excluding carboxylic acids is 1. The van der Waals surface area contributed by atoms with Crippen LogP contribution in [0.4, 0.5) is 13.2 Å². The van der Waals surface area contributed by atoms with Gasteiger partial charge in [0.25, 0.3) is 5.91 Å². The Labute approximate surface area is 193 Å². The Hall–Kier alpha value is -2.54. The van der Waals surface area contributed by atoms with Crippen LogP contribution in [0.25, 0.3) is 0 Å². The quantitative estimate of drug-likeness (QED) is 0.680. The topological polar surface area (TPSA) is 113 Å². The van der Waals surface area contributed by atoms with Crippen LogP contribution in [0.1, 0.15) is 54.6 Å². The normalized spacial score (nSPS) is 17.9. The minimum Gasteiger partial charge on any atom is -0.475 e. The van der Waals surface area contributed by atoms with Crippen LogP contribution in [0.5, 0.6) is 0 Å². The Kier molecular flexibility index (Phi) is 7.73. The maximum Gasteiger partial charge on any atom is 0.490 e. The van der Waals surface area contributed by atoms with Crippen LogP contribution < -0.4 is 5.32 Å². The molecule has 1 fully saturated rings. The lowest BCUT2D eigenvalue weighted by Crippen LogP contribution is -2.45. The number of thiazole rings is 1. The van der Waals surface area contributed by atoms with Crippen LogP contribution in [0, 0.1) is 5.41 Å². The van der Waals surface area contributed by atoms with E-state index in [0.717, 1.165) is 57.7 Å². The van der Waals surface area contributed by atoms with E-state index < -0.39 is 12.1 Å². The average Bonchev–Trinajstić information content (AvgIpc) is 3.38. The van der Waals surface area contributed by atoms with Crippen LogP contribution in [0.2, 0.25) is 0 Å². The Morgan fingerprint density at radius 2 is 1.91 bits per heavy atom. The second-order valence-electron chi connectivity index (χ2n) is 8.66. The molecule has 2 aliphatic heterocycles. The molecule has 0 aromatic carbocycles. The molecule has 33 heavy (non-hydrogen) atoms. The number of nitrogens with zero attached hydrogens (tertiary/aromatic N) is 5. The molecule has 1 saturated heterocycles. The second-order valence-corrected chi connectivity index (χ2v) is 9.64. The summed E-state index contributed by atoms with van der Waals surface area (Å²) in [5.41, 5.74) is 0.265. The zero-order chi connectivity index (χ0) is 24.2. The van der Waals surface area contributed by atoms with Gasteiger partial charge in [0.2, 0.25) is 5.82 Å². The minimum atomic E-state index is -5.08. The molecule has 2 aliphatic rings. The van der Waals surface area contributed by atoms with Crippen LogP contribution in [0.15, 0.2) is 11.6 Å². The molecule has 4 heterocycles. The van der Waals surface area contributed by atoms with E-state index >= 15 is 0 Å². The van der Waals surface area contributed by atoms with Crippen molar-refractivity contribution in [3.05, 3.63) is 28.2 Å². The molecule has 0 bridgehead atoms. The number of halogens is 3. The van der Waals surface area contributed by atoms with E-state index in [0.29, 0.717) is 5.82 Å². The molecular formula is C20H27F3N6O3S. The van der Waals surface area contributed by atoms with Gasteiger partial charge in [0, 0.05) is 30.6 Å². The molecule has 0 saturated carbocycles. The fraction of sp³-hybridized carbons (Fsp3) is 0.650. The van der Waals surface area contributed by atoms with Crippen molar-refractivity contribution in [2.75, 3.05) is 13.1 Å². The van der Waals surface area contributed by atoms with Crippen molar-refractivity contribution in [3.63, 3.8) is 0 Å². The monoisotopic (exact) mass is 488 g/mol. The molecule has 2 N–H and O–H groups in total. The van der Waals surface area contributed by atoms with Crippen LogP contribution in [-0.2, 0) is 24.3 Å². The summed E-state index contributed by atoms with van der Waals surface area (Å²) in [6.07, 6.45) is 1.16. The lowest BCUT2D eigenvalue weighted by molar-refractivity contribution is -0.192. The summed E-state index contributed by atoms with van der Waals surface area (Å²) in [6, 6.07) is 0.0992. The molecule has 182 valence electrons. The lowest BCUT2D eigenvalue weighted by Gasteiger charge is -2.44. The van der Waals surface area contributed by atoms with Gasteiger partial charge in [-0.3, -0.25) is 9.69 Å². The predicted octanol–water partition coefficient (Wildman–Crippen LogP) is 2.73. The number of amides is 1. The van der Waals surface area contributed by atoms with Crippen molar-refractivity contribution in [1.29, 1.82) is 0 Å². The molecule has 0 radical (unpaired) electrons. The fourth-order valence-electron chi connectivity index (χ4n) is 4.09. The number of hydrogen-bond acceptors (Lipinski definition) is 7. The Morgan fingerprint density at radius 1 is 1.24 bits per heavy atom. The number of nitrogens with one attached hydrogen (secondary N) is 1. The van der Waals surface area contributed by atoms with Crippen LogP contribution in [-0.4, -0.2) is 66.9 Å². The third kappa shape index (κ3) is 6.50. The first-order chi connectivity index (χ1) is 15.5. The number of aromatic nitrogens is 4. The minimum absolute atomic E-state index is 0.0992. The van der Waals surface area contributed by atoms with E-state index in [1.165, 1.54) is 5.01 Å². The lowest BCUT2D eigenvalue weighted by atomic mass is 9.73. The van der Waals surface area contributed by atoms with Gasteiger partial charge in [-0.2, -0.15) is 13.2 Å². The van der Waals surface area contributed by atoms with Gasteiger partial charge in [0.05, 0.1) is 6.54 Å². The zero-order valence-electron chi connectivity index (χ0n) is 18.4. The summed E-state index contributed by atoms with van der Waals surface area (Å²) >= 11 is 1.73. The Bertz CT molecular complexity index is 953. The molecule has 2 aromatic rings. The maximum absolute atomic E-state index is 12.4.